The first-order valence-electron chi connectivity index (χ1n) is 7.68. The molecule has 0 saturated carbocycles. The van der Waals surface area contributed by atoms with Crippen molar-refractivity contribution in [2.24, 2.45) is 0 Å². The number of H-pyrrole nitrogens is 1. The number of nitrogens with zero attached hydrogens (tertiary/aromatic N) is 1. The van der Waals surface area contributed by atoms with Gasteiger partial charge in [-0.15, -0.1) is 0 Å². The summed E-state index contributed by atoms with van der Waals surface area (Å²) in [5.74, 6) is 0. The standard InChI is InChI=1S/C10H15F2N2O13P3S.4Na/c11-10(12,28(18,19)20)29(21,22)27-30(23,24)25-3-4-6(15)7(16)8(26-4)14-2-1-5(31)13-9(14)17;;;;/h1-2,4,6-8,15-16H,3H2,(H,21,22)(H,23,24)(H,13,17,31)(H2,18,19,20);;;;/t4-,6-,7-,8-;;;;/m1..../s1. The molecular formula is C10H15F2N2Na4O13P3S. The number of nitrogens with one attached hydrogen (secondary N) is 1. The first kappa shape index (κ1) is 42.8. The Kier molecular flexibility index (Phi) is 19.6. The summed E-state index contributed by atoms with van der Waals surface area (Å²) >= 11 is 4.72. The van der Waals surface area contributed by atoms with E-state index in [1.807, 2.05) is 0 Å². The number of alkyl halides is 2. The second-order valence-corrected chi connectivity index (χ2v) is 11.9. The van der Waals surface area contributed by atoms with E-state index in [0.29, 0.717) is 0 Å². The van der Waals surface area contributed by atoms with Crippen molar-refractivity contribution < 1.29 is 65.8 Å². The Hall–Kier alpha value is 3.29. The Balaban J connectivity index is -0.00000256. The number of aliphatic hydroxyl groups excluding tert-OH is 2. The van der Waals surface area contributed by atoms with E-state index in [4.69, 9.17) is 31.6 Å². The predicted octanol–water partition coefficient (Wildman–Crippen LogP) is -1.95. The van der Waals surface area contributed by atoms with Gasteiger partial charge in [-0.3, -0.25) is 23.2 Å². The van der Waals surface area contributed by atoms with Gasteiger partial charge in [-0.25, -0.2) is 13.7 Å². The van der Waals surface area contributed by atoms with E-state index in [0.717, 1.165) is 10.8 Å². The van der Waals surface area contributed by atoms with E-state index in [1.54, 1.807) is 0 Å². The Labute approximate surface area is 288 Å². The number of halogens is 2. The maximum Gasteiger partial charge on any atom is 0.479 e. The van der Waals surface area contributed by atoms with Gasteiger partial charge in [0.15, 0.2) is 6.23 Å². The number of aromatic nitrogens is 2. The largest absolute Gasteiger partial charge is 0.479 e. The van der Waals surface area contributed by atoms with Crippen molar-refractivity contribution in [2.45, 2.75) is 29.9 Å². The number of phosphoric ester groups is 1. The van der Waals surface area contributed by atoms with Crippen molar-refractivity contribution in [2.75, 3.05) is 6.61 Å². The molecular weight excluding hydrogens is 611 g/mol. The first-order chi connectivity index (χ1) is 13.9. The van der Waals surface area contributed by atoms with Crippen LogP contribution in [0.3, 0.4) is 0 Å². The molecule has 2 unspecified atom stereocenters. The summed E-state index contributed by atoms with van der Waals surface area (Å²) in [4.78, 5) is 49.4. The molecule has 2 heterocycles. The minimum Gasteiger partial charge on any atom is -0.387 e. The quantitative estimate of drug-likeness (QED) is 0.0944. The van der Waals surface area contributed by atoms with Crippen molar-refractivity contribution in [3.63, 3.8) is 0 Å². The summed E-state index contributed by atoms with van der Waals surface area (Å²) in [5.41, 5.74) is -0.859. The molecule has 15 nitrogen and oxygen atoms in total. The normalized spacial score (nSPS) is 25.5. The summed E-state index contributed by atoms with van der Waals surface area (Å²) < 4.78 is 74.0. The molecule has 0 aliphatic carbocycles. The maximum atomic E-state index is 13.4. The Morgan fingerprint density at radius 2 is 1.60 bits per heavy atom. The molecule has 7 N–H and O–H groups in total. The number of aliphatic hydroxyl groups is 2. The predicted molar refractivity (Wildman–Crippen MR) is 119 cm³/mol. The zero-order chi connectivity index (χ0) is 24.0. The van der Waals surface area contributed by atoms with E-state index >= 15 is 0 Å². The third-order valence-electron chi connectivity index (χ3n) is 3.77. The molecule has 1 saturated heterocycles. The van der Waals surface area contributed by atoms with E-state index in [-0.39, 0.29) is 123 Å². The van der Waals surface area contributed by atoms with Gasteiger partial charge in [0.25, 0.3) is 0 Å². The molecule has 1 aromatic rings. The van der Waals surface area contributed by atoms with E-state index < -0.39 is 65.3 Å². The number of ether oxygens (including phenoxy) is 1. The van der Waals surface area contributed by atoms with Gasteiger partial charge in [-0.1, -0.05) is 12.2 Å². The van der Waals surface area contributed by atoms with Gasteiger partial charge < -0.3 is 34.5 Å². The average molecular weight is 626 g/mol. The number of phosphoric acid groups is 1. The SMILES string of the molecule is O=c1[nH]c(=S)ccn1[C@@H]1O[C@H](COP(=O)(O)OP(=O)(O)C(F)(F)P(=O)(O)O)[C@@H](O)[C@H]1O.[Na].[Na].[Na].[Na]. The maximum absolute atomic E-state index is 13.4. The summed E-state index contributed by atoms with van der Waals surface area (Å²) in [5, 5.41) is 14.2. The summed E-state index contributed by atoms with van der Waals surface area (Å²) in [6.45, 7) is -1.21. The van der Waals surface area contributed by atoms with Gasteiger partial charge in [-0.2, -0.15) is 8.78 Å². The summed E-state index contributed by atoms with van der Waals surface area (Å²) in [6, 6.07) is 1.23. The van der Waals surface area contributed by atoms with Crippen LogP contribution in [0.5, 0.6) is 0 Å². The van der Waals surface area contributed by atoms with E-state index in [9.17, 15) is 42.4 Å². The third kappa shape index (κ3) is 10.6. The molecule has 0 spiro atoms. The van der Waals surface area contributed by atoms with Crippen molar-refractivity contribution in [3.05, 3.63) is 27.4 Å². The van der Waals surface area contributed by atoms with Gasteiger partial charge in [0.1, 0.15) is 23.0 Å². The van der Waals surface area contributed by atoms with Crippen LogP contribution in [0.4, 0.5) is 8.78 Å². The van der Waals surface area contributed by atoms with Crippen LogP contribution in [0.1, 0.15) is 6.23 Å². The molecule has 1 aromatic heterocycles. The number of aromatic amines is 1. The zero-order valence-electron chi connectivity index (χ0n) is 18.7. The molecule has 25 heteroatoms. The fourth-order valence-electron chi connectivity index (χ4n) is 2.27. The fourth-order valence-corrected chi connectivity index (χ4v) is 6.10. The van der Waals surface area contributed by atoms with Crippen LogP contribution in [-0.4, -0.2) is 188 Å². The topological polar surface area (TPSA) is 238 Å². The van der Waals surface area contributed by atoms with Crippen molar-refractivity contribution in [1.29, 1.82) is 0 Å². The van der Waals surface area contributed by atoms with Crippen LogP contribution >= 0.6 is 35.2 Å². The number of hydrogen-bond donors (Lipinski definition) is 7. The van der Waals surface area contributed by atoms with Gasteiger partial charge in [0, 0.05) is 124 Å². The van der Waals surface area contributed by atoms with Crippen LogP contribution < -0.4 is 5.69 Å². The molecule has 1 aliphatic heterocycles. The molecule has 182 valence electrons. The average Bonchev–Trinajstić information content (AvgIpc) is 2.86. The number of hydrogen-bond acceptors (Lipinski definition) is 10. The Morgan fingerprint density at radius 3 is 2.06 bits per heavy atom. The first-order valence-corrected chi connectivity index (χ1v) is 12.8. The van der Waals surface area contributed by atoms with Crippen LogP contribution in [0.15, 0.2) is 17.1 Å². The van der Waals surface area contributed by atoms with Crippen LogP contribution in [0, 0.1) is 4.64 Å². The molecule has 0 bridgehead atoms. The molecule has 1 fully saturated rings. The summed E-state index contributed by atoms with van der Waals surface area (Å²) in [7, 11) is -19.2. The van der Waals surface area contributed by atoms with Gasteiger partial charge in [0.05, 0.1) is 6.61 Å². The fraction of sp³-hybridized carbons (Fsp3) is 0.600. The molecule has 1 aliphatic rings. The molecule has 0 aromatic carbocycles. The Bertz CT molecular complexity index is 1110. The minimum absolute atomic E-state index is 0. The smallest absolute Gasteiger partial charge is 0.387 e. The van der Waals surface area contributed by atoms with Gasteiger partial charge >= 0.3 is 34.1 Å². The molecule has 4 radical (unpaired) electrons. The van der Waals surface area contributed by atoms with E-state index in [1.165, 1.54) is 6.07 Å². The molecule has 6 atom stereocenters. The van der Waals surface area contributed by atoms with Crippen LogP contribution in [-0.2, 0) is 27.3 Å². The number of rotatable bonds is 8. The van der Waals surface area contributed by atoms with Crippen molar-refractivity contribution >= 4 is 153 Å². The van der Waals surface area contributed by atoms with E-state index in [2.05, 4.69) is 13.8 Å². The van der Waals surface area contributed by atoms with Crippen molar-refractivity contribution in [1.82, 2.24) is 9.55 Å². The third-order valence-corrected chi connectivity index (χ3v) is 9.11. The Morgan fingerprint density at radius 1 is 1.09 bits per heavy atom. The second kappa shape index (κ2) is 16.1. The second-order valence-electron chi connectivity index (χ2n) is 5.98. The molecule has 0 amide bonds. The summed E-state index contributed by atoms with van der Waals surface area (Å²) in [6.07, 6.45) is -5.79. The van der Waals surface area contributed by atoms with Gasteiger partial charge in [0.2, 0.25) is 0 Å². The molecule has 2 rings (SSSR count). The molecule has 35 heavy (non-hydrogen) atoms. The monoisotopic (exact) mass is 626 g/mol. The minimum atomic E-state index is -6.75. The van der Waals surface area contributed by atoms with Crippen LogP contribution in [0.25, 0.3) is 0 Å². The van der Waals surface area contributed by atoms with Crippen molar-refractivity contribution in [3.8, 4) is 0 Å². The van der Waals surface area contributed by atoms with Gasteiger partial charge in [-0.05, 0) is 6.07 Å². The van der Waals surface area contributed by atoms with Crippen LogP contribution in [0.2, 0.25) is 0 Å². The zero-order valence-corrected chi connectivity index (χ0v) is 30.2.